The zero-order valence-corrected chi connectivity index (χ0v) is 9.04. The highest BCUT2D eigenvalue weighted by Crippen LogP contribution is 2.10. The lowest BCUT2D eigenvalue weighted by Crippen LogP contribution is -2.13. The van der Waals surface area contributed by atoms with Crippen molar-refractivity contribution < 1.29 is 19.4 Å². The van der Waals surface area contributed by atoms with E-state index in [9.17, 15) is 9.59 Å². The van der Waals surface area contributed by atoms with Crippen LogP contribution in [0.15, 0.2) is 6.07 Å². The molecule has 0 amide bonds. The summed E-state index contributed by atoms with van der Waals surface area (Å²) in [5.41, 5.74) is 0.349. The number of hydrogen-bond donors (Lipinski definition) is 1. The summed E-state index contributed by atoms with van der Waals surface area (Å²) in [6.45, 7) is 1.61. The van der Waals surface area contributed by atoms with E-state index >= 15 is 0 Å². The summed E-state index contributed by atoms with van der Waals surface area (Å²) in [6.07, 6.45) is 0. The number of fused-ring (bicyclic) bond motifs is 1. The second kappa shape index (κ2) is 3.81. The van der Waals surface area contributed by atoms with Gasteiger partial charge in [0.15, 0.2) is 17.0 Å². The number of methoxy groups -OCH3 is 1. The lowest BCUT2D eigenvalue weighted by Gasteiger charge is -2.03. The molecular weight excluding hydrogens is 228 g/mol. The molecule has 0 saturated heterocycles. The molecule has 0 aromatic carbocycles. The summed E-state index contributed by atoms with van der Waals surface area (Å²) in [6, 6.07) is 1.09. The molecule has 0 aliphatic carbocycles. The van der Waals surface area contributed by atoms with Gasteiger partial charge in [0.05, 0.1) is 7.11 Å². The van der Waals surface area contributed by atoms with Crippen LogP contribution in [0.5, 0.6) is 0 Å². The monoisotopic (exact) mass is 236 g/mol. The van der Waals surface area contributed by atoms with E-state index < -0.39 is 11.9 Å². The van der Waals surface area contributed by atoms with Gasteiger partial charge in [-0.25, -0.2) is 14.6 Å². The van der Waals surface area contributed by atoms with Gasteiger partial charge in [-0.15, -0.1) is 5.10 Å². The average Bonchev–Trinajstić information content (AvgIpc) is 2.69. The van der Waals surface area contributed by atoms with Crippen LogP contribution in [-0.4, -0.2) is 44.0 Å². The predicted molar refractivity (Wildman–Crippen MR) is 53.8 cm³/mol. The minimum absolute atomic E-state index is 0.0319. The van der Waals surface area contributed by atoms with E-state index in [2.05, 4.69) is 20.0 Å². The first-order chi connectivity index (χ1) is 8.04. The number of carbonyl (C=O) groups is 2. The molecule has 2 rings (SSSR count). The number of ether oxygens (including phenoxy) is 1. The SMILES string of the molecule is COC(=O)c1cc(C(=O)O)nc2c(C)nnn12. The van der Waals surface area contributed by atoms with Crippen LogP contribution < -0.4 is 0 Å². The predicted octanol–water partition coefficient (Wildman–Crippen LogP) is -0.0825. The number of aromatic carboxylic acids is 1. The van der Waals surface area contributed by atoms with Gasteiger partial charge in [0.1, 0.15) is 5.69 Å². The van der Waals surface area contributed by atoms with Gasteiger partial charge >= 0.3 is 11.9 Å². The maximum absolute atomic E-state index is 11.5. The first-order valence-electron chi connectivity index (χ1n) is 4.59. The Balaban J connectivity index is 2.79. The number of aryl methyl sites for hydroxylation is 1. The molecule has 0 aliphatic heterocycles. The van der Waals surface area contributed by atoms with Crippen LogP contribution in [0.1, 0.15) is 26.7 Å². The van der Waals surface area contributed by atoms with Crippen LogP contribution in [0.2, 0.25) is 0 Å². The van der Waals surface area contributed by atoms with Gasteiger partial charge in [-0.3, -0.25) is 0 Å². The molecule has 0 atom stereocenters. The van der Waals surface area contributed by atoms with Crippen molar-refractivity contribution >= 4 is 17.6 Å². The van der Waals surface area contributed by atoms with Crippen LogP contribution in [0.4, 0.5) is 0 Å². The van der Waals surface area contributed by atoms with Crippen LogP contribution >= 0.6 is 0 Å². The van der Waals surface area contributed by atoms with Gasteiger partial charge in [0.2, 0.25) is 0 Å². The Morgan fingerprint density at radius 3 is 2.76 bits per heavy atom. The zero-order valence-electron chi connectivity index (χ0n) is 9.04. The Bertz CT molecular complexity index is 619. The Labute approximate surface area is 94.8 Å². The fraction of sp³-hybridized carbons (Fsp3) is 0.222. The molecule has 0 radical (unpaired) electrons. The van der Waals surface area contributed by atoms with Crippen molar-refractivity contribution in [1.29, 1.82) is 0 Å². The normalized spacial score (nSPS) is 10.5. The third kappa shape index (κ3) is 1.69. The highest BCUT2D eigenvalue weighted by atomic mass is 16.5. The van der Waals surface area contributed by atoms with E-state index in [1.807, 2.05) is 0 Å². The minimum Gasteiger partial charge on any atom is -0.477 e. The van der Waals surface area contributed by atoms with Gasteiger partial charge < -0.3 is 9.84 Å². The molecule has 17 heavy (non-hydrogen) atoms. The van der Waals surface area contributed by atoms with Gasteiger partial charge in [0.25, 0.3) is 0 Å². The Kier molecular flexibility index (Phi) is 2.47. The summed E-state index contributed by atoms with van der Waals surface area (Å²) >= 11 is 0. The molecule has 1 N–H and O–H groups in total. The van der Waals surface area contributed by atoms with Gasteiger partial charge in [-0.2, -0.15) is 4.52 Å². The number of rotatable bonds is 2. The van der Waals surface area contributed by atoms with E-state index in [0.717, 1.165) is 10.6 Å². The second-order valence-electron chi connectivity index (χ2n) is 3.23. The highest BCUT2D eigenvalue weighted by Gasteiger charge is 2.19. The summed E-state index contributed by atoms with van der Waals surface area (Å²) in [5.74, 6) is -1.94. The standard InChI is InChI=1S/C9H8N4O4/c1-4-7-10-5(8(14)15)3-6(9(16)17-2)13(7)12-11-4/h3H,1-2H3,(H,14,15). The molecule has 8 nitrogen and oxygen atoms in total. The van der Waals surface area contributed by atoms with Crippen LogP contribution in [-0.2, 0) is 4.74 Å². The van der Waals surface area contributed by atoms with Crippen molar-refractivity contribution in [1.82, 2.24) is 19.8 Å². The lowest BCUT2D eigenvalue weighted by molar-refractivity contribution is 0.0590. The van der Waals surface area contributed by atoms with Crippen molar-refractivity contribution in [3.63, 3.8) is 0 Å². The van der Waals surface area contributed by atoms with E-state index in [4.69, 9.17) is 5.11 Å². The smallest absolute Gasteiger partial charge is 0.356 e. The molecular formula is C9H8N4O4. The fourth-order valence-corrected chi connectivity index (χ4v) is 1.34. The molecule has 88 valence electrons. The van der Waals surface area contributed by atoms with E-state index in [1.165, 1.54) is 7.11 Å². The third-order valence-electron chi connectivity index (χ3n) is 2.15. The third-order valence-corrected chi connectivity index (χ3v) is 2.15. The van der Waals surface area contributed by atoms with Crippen molar-refractivity contribution in [2.45, 2.75) is 6.92 Å². The molecule has 2 heterocycles. The maximum atomic E-state index is 11.5. The topological polar surface area (TPSA) is 107 Å². The highest BCUT2D eigenvalue weighted by molar-refractivity contribution is 5.93. The lowest BCUT2D eigenvalue weighted by atomic mass is 10.3. The van der Waals surface area contributed by atoms with Crippen LogP contribution in [0, 0.1) is 6.92 Å². The number of carboxylic acid groups (broad SMARTS) is 1. The van der Waals surface area contributed by atoms with Gasteiger partial charge in [0, 0.05) is 6.07 Å². The molecule has 0 spiro atoms. The molecule has 0 aliphatic rings. The fourth-order valence-electron chi connectivity index (χ4n) is 1.34. The number of carboxylic acids is 1. The molecule has 0 fully saturated rings. The Morgan fingerprint density at radius 1 is 1.47 bits per heavy atom. The number of aromatic nitrogens is 4. The van der Waals surface area contributed by atoms with Crippen molar-refractivity contribution in [2.75, 3.05) is 7.11 Å². The average molecular weight is 236 g/mol. The van der Waals surface area contributed by atoms with Crippen molar-refractivity contribution in [2.24, 2.45) is 0 Å². The number of nitrogens with zero attached hydrogens (tertiary/aromatic N) is 4. The molecule has 0 unspecified atom stereocenters. The van der Waals surface area contributed by atoms with Crippen molar-refractivity contribution in [3.05, 3.63) is 23.1 Å². The van der Waals surface area contributed by atoms with E-state index in [-0.39, 0.29) is 17.0 Å². The summed E-state index contributed by atoms with van der Waals surface area (Å²) < 4.78 is 5.69. The summed E-state index contributed by atoms with van der Waals surface area (Å²) in [4.78, 5) is 26.2. The first-order valence-corrected chi connectivity index (χ1v) is 4.59. The molecule has 2 aromatic rings. The number of carbonyl (C=O) groups excluding carboxylic acids is 1. The Hall–Kier alpha value is -2.51. The van der Waals surface area contributed by atoms with Gasteiger partial charge in [-0.1, -0.05) is 5.21 Å². The molecule has 2 aromatic heterocycles. The second-order valence-corrected chi connectivity index (χ2v) is 3.23. The van der Waals surface area contributed by atoms with Crippen LogP contribution in [0.25, 0.3) is 5.65 Å². The minimum atomic E-state index is -1.24. The largest absolute Gasteiger partial charge is 0.477 e. The quantitative estimate of drug-likeness (QED) is 0.726. The maximum Gasteiger partial charge on any atom is 0.356 e. The number of esters is 1. The summed E-state index contributed by atoms with van der Waals surface area (Å²) in [5, 5.41) is 16.3. The van der Waals surface area contributed by atoms with E-state index in [1.54, 1.807) is 6.92 Å². The molecule has 0 saturated carbocycles. The molecule has 8 heteroatoms. The van der Waals surface area contributed by atoms with E-state index in [0.29, 0.717) is 5.69 Å². The summed E-state index contributed by atoms with van der Waals surface area (Å²) in [7, 11) is 1.19. The first kappa shape index (κ1) is 11.0. The van der Waals surface area contributed by atoms with Crippen molar-refractivity contribution in [3.8, 4) is 0 Å². The van der Waals surface area contributed by atoms with Crippen LogP contribution in [0.3, 0.4) is 0 Å². The number of hydrogen-bond acceptors (Lipinski definition) is 6. The zero-order chi connectivity index (χ0) is 12.6. The molecule has 0 bridgehead atoms. The Morgan fingerprint density at radius 2 is 2.18 bits per heavy atom. The van der Waals surface area contributed by atoms with Gasteiger partial charge in [-0.05, 0) is 6.92 Å².